The number of nitrogens with one attached hydrogen (secondary N) is 2. The van der Waals surface area contributed by atoms with Crippen LogP contribution in [0.1, 0.15) is 12.0 Å². The molecule has 1 aliphatic rings. The predicted octanol–water partition coefficient (Wildman–Crippen LogP) is 0.517. The zero-order valence-corrected chi connectivity index (χ0v) is 10.6. The molecule has 1 atom stereocenters. The lowest BCUT2D eigenvalue weighted by molar-refractivity contribution is -0.142. The first-order valence-electron chi connectivity index (χ1n) is 6.00. The van der Waals surface area contributed by atoms with Gasteiger partial charge in [-0.15, -0.1) is 0 Å². The maximum atomic E-state index is 11.2. The van der Waals surface area contributed by atoms with E-state index in [1.165, 1.54) is 7.11 Å². The zero-order valence-electron chi connectivity index (χ0n) is 10.6. The maximum Gasteiger partial charge on any atom is 0.308 e. The van der Waals surface area contributed by atoms with E-state index in [9.17, 15) is 14.7 Å². The summed E-state index contributed by atoms with van der Waals surface area (Å²) in [6.07, 6.45) is -0.482. The van der Waals surface area contributed by atoms with Gasteiger partial charge in [-0.25, -0.2) is 0 Å². The molecule has 1 amide bonds. The van der Waals surface area contributed by atoms with Gasteiger partial charge >= 0.3 is 5.97 Å². The van der Waals surface area contributed by atoms with Gasteiger partial charge in [-0.1, -0.05) is 0 Å². The molecule has 1 aliphatic heterocycles. The SMILES string of the molecule is COC(=O)CC(O)CNc1ccc2c(c1)CC(=O)N2. The van der Waals surface area contributed by atoms with Crippen LogP contribution in [-0.4, -0.2) is 36.7 Å². The minimum absolute atomic E-state index is 0.0159. The molecule has 6 heteroatoms. The van der Waals surface area contributed by atoms with Crippen molar-refractivity contribution in [1.29, 1.82) is 0 Å². The number of hydrogen-bond donors (Lipinski definition) is 3. The summed E-state index contributed by atoms with van der Waals surface area (Å²) in [5, 5.41) is 15.4. The van der Waals surface area contributed by atoms with Crippen LogP contribution in [0.25, 0.3) is 0 Å². The average Bonchev–Trinajstić information content (AvgIpc) is 2.75. The monoisotopic (exact) mass is 264 g/mol. The number of methoxy groups -OCH3 is 1. The van der Waals surface area contributed by atoms with Crippen molar-refractivity contribution >= 4 is 23.3 Å². The second-order valence-corrected chi connectivity index (χ2v) is 4.41. The van der Waals surface area contributed by atoms with E-state index in [1.54, 1.807) is 0 Å². The maximum absolute atomic E-state index is 11.2. The van der Waals surface area contributed by atoms with Crippen molar-refractivity contribution in [3.05, 3.63) is 23.8 Å². The van der Waals surface area contributed by atoms with Crippen molar-refractivity contribution in [2.45, 2.75) is 18.9 Å². The number of hydrogen-bond acceptors (Lipinski definition) is 5. The molecule has 0 aromatic heterocycles. The summed E-state index contributed by atoms with van der Waals surface area (Å²) in [4.78, 5) is 22.2. The van der Waals surface area contributed by atoms with Crippen LogP contribution >= 0.6 is 0 Å². The lowest BCUT2D eigenvalue weighted by Crippen LogP contribution is -2.23. The van der Waals surface area contributed by atoms with Gasteiger partial charge in [0, 0.05) is 17.9 Å². The van der Waals surface area contributed by atoms with Crippen LogP contribution in [0.15, 0.2) is 18.2 Å². The van der Waals surface area contributed by atoms with Crippen LogP contribution < -0.4 is 10.6 Å². The van der Waals surface area contributed by atoms with E-state index in [2.05, 4.69) is 15.4 Å². The molecule has 0 aliphatic carbocycles. The van der Waals surface area contributed by atoms with Crippen LogP contribution in [-0.2, 0) is 20.7 Å². The van der Waals surface area contributed by atoms with Crippen LogP contribution in [0.5, 0.6) is 0 Å². The summed E-state index contributed by atoms with van der Waals surface area (Å²) < 4.78 is 4.47. The fourth-order valence-electron chi connectivity index (χ4n) is 1.92. The molecule has 0 saturated heterocycles. The first kappa shape index (κ1) is 13.4. The standard InChI is InChI=1S/C13H16N2O4/c1-19-13(18)6-10(16)7-14-9-2-3-11-8(4-9)5-12(17)15-11/h2-4,10,14,16H,5-7H2,1H3,(H,15,17). The number of amides is 1. The largest absolute Gasteiger partial charge is 0.469 e. The molecule has 0 saturated carbocycles. The Morgan fingerprint density at radius 2 is 2.37 bits per heavy atom. The molecule has 1 aromatic rings. The Kier molecular flexibility index (Phi) is 4.01. The summed E-state index contributed by atoms with van der Waals surface area (Å²) in [7, 11) is 1.28. The number of aliphatic hydroxyl groups excluding tert-OH is 1. The number of carbonyl (C=O) groups is 2. The van der Waals surface area contributed by atoms with E-state index in [4.69, 9.17) is 0 Å². The third-order valence-corrected chi connectivity index (χ3v) is 2.90. The molecule has 1 heterocycles. The third kappa shape index (κ3) is 3.45. The Hall–Kier alpha value is -2.08. The number of rotatable bonds is 5. The highest BCUT2D eigenvalue weighted by Crippen LogP contribution is 2.25. The number of anilines is 2. The van der Waals surface area contributed by atoms with Gasteiger partial charge in [-0.2, -0.15) is 0 Å². The highest BCUT2D eigenvalue weighted by atomic mass is 16.5. The van der Waals surface area contributed by atoms with Crippen molar-refractivity contribution < 1.29 is 19.4 Å². The van der Waals surface area contributed by atoms with Crippen molar-refractivity contribution in [2.24, 2.45) is 0 Å². The van der Waals surface area contributed by atoms with Crippen molar-refractivity contribution in [3.8, 4) is 0 Å². The van der Waals surface area contributed by atoms with E-state index < -0.39 is 12.1 Å². The molecule has 3 N–H and O–H groups in total. The fourth-order valence-corrected chi connectivity index (χ4v) is 1.92. The van der Waals surface area contributed by atoms with Crippen LogP contribution in [0.4, 0.5) is 11.4 Å². The topological polar surface area (TPSA) is 87.7 Å². The van der Waals surface area contributed by atoms with Crippen molar-refractivity contribution in [1.82, 2.24) is 0 Å². The smallest absolute Gasteiger partial charge is 0.308 e. The summed E-state index contributed by atoms with van der Waals surface area (Å²) >= 11 is 0. The average molecular weight is 264 g/mol. The van der Waals surface area contributed by atoms with Gasteiger partial charge in [0.1, 0.15) is 0 Å². The van der Waals surface area contributed by atoms with E-state index >= 15 is 0 Å². The van der Waals surface area contributed by atoms with Gasteiger partial charge in [0.15, 0.2) is 0 Å². The quantitative estimate of drug-likeness (QED) is 0.675. The molecule has 0 fully saturated rings. The second kappa shape index (κ2) is 5.71. The lowest BCUT2D eigenvalue weighted by atomic mass is 10.1. The third-order valence-electron chi connectivity index (χ3n) is 2.90. The number of carbonyl (C=O) groups excluding carboxylic acids is 2. The second-order valence-electron chi connectivity index (χ2n) is 4.41. The normalized spacial score (nSPS) is 14.5. The molecule has 0 bridgehead atoms. The summed E-state index contributed by atoms with van der Waals surface area (Å²) in [5.41, 5.74) is 2.56. The number of aliphatic hydroxyl groups is 1. The van der Waals surface area contributed by atoms with Gasteiger partial charge in [0.05, 0.1) is 26.1 Å². The molecular weight excluding hydrogens is 248 g/mol. The summed E-state index contributed by atoms with van der Waals surface area (Å²) in [5.74, 6) is -0.462. The molecule has 0 spiro atoms. The van der Waals surface area contributed by atoms with Crippen LogP contribution in [0.3, 0.4) is 0 Å². The molecular formula is C13H16N2O4. The zero-order chi connectivity index (χ0) is 13.8. The molecule has 102 valence electrons. The van der Waals surface area contributed by atoms with Crippen molar-refractivity contribution in [2.75, 3.05) is 24.3 Å². The number of ether oxygens (including phenoxy) is 1. The van der Waals surface area contributed by atoms with E-state index in [1.807, 2.05) is 18.2 Å². The molecule has 1 unspecified atom stereocenters. The van der Waals surface area contributed by atoms with Crippen molar-refractivity contribution in [3.63, 3.8) is 0 Å². The molecule has 19 heavy (non-hydrogen) atoms. The Bertz CT molecular complexity index is 501. The number of fused-ring (bicyclic) bond motifs is 1. The highest BCUT2D eigenvalue weighted by Gasteiger charge is 2.17. The molecule has 0 radical (unpaired) electrons. The first-order chi connectivity index (χ1) is 9.08. The predicted molar refractivity (Wildman–Crippen MR) is 69.9 cm³/mol. The van der Waals surface area contributed by atoms with E-state index in [-0.39, 0.29) is 18.9 Å². The van der Waals surface area contributed by atoms with Gasteiger partial charge in [-0.05, 0) is 23.8 Å². The number of esters is 1. The van der Waals surface area contributed by atoms with Gasteiger partial charge in [0.2, 0.25) is 5.91 Å². The Balaban J connectivity index is 1.89. The lowest BCUT2D eigenvalue weighted by Gasteiger charge is -2.12. The first-order valence-corrected chi connectivity index (χ1v) is 6.00. The van der Waals surface area contributed by atoms with Crippen LogP contribution in [0, 0.1) is 0 Å². The van der Waals surface area contributed by atoms with Gasteiger partial charge < -0.3 is 20.5 Å². The Morgan fingerprint density at radius 1 is 1.58 bits per heavy atom. The summed E-state index contributed by atoms with van der Waals surface area (Å²) in [6, 6.07) is 5.49. The molecule has 2 rings (SSSR count). The van der Waals surface area contributed by atoms with Gasteiger partial charge in [0.25, 0.3) is 0 Å². The van der Waals surface area contributed by atoms with E-state index in [0.717, 1.165) is 16.9 Å². The minimum atomic E-state index is -0.805. The fraction of sp³-hybridized carbons (Fsp3) is 0.385. The number of benzene rings is 1. The minimum Gasteiger partial charge on any atom is -0.469 e. The Labute approximate surface area is 110 Å². The highest BCUT2D eigenvalue weighted by molar-refractivity contribution is 5.99. The molecule has 6 nitrogen and oxygen atoms in total. The Morgan fingerprint density at radius 3 is 3.11 bits per heavy atom. The van der Waals surface area contributed by atoms with E-state index in [0.29, 0.717) is 6.42 Å². The van der Waals surface area contributed by atoms with Crippen LogP contribution in [0.2, 0.25) is 0 Å². The van der Waals surface area contributed by atoms with Gasteiger partial charge in [-0.3, -0.25) is 9.59 Å². The summed E-state index contributed by atoms with van der Waals surface area (Å²) in [6.45, 7) is 0.245. The molecule has 1 aromatic carbocycles.